The van der Waals surface area contributed by atoms with Crippen molar-refractivity contribution in [3.8, 4) is 0 Å². The molecule has 7 heteroatoms. The fourth-order valence-corrected chi connectivity index (χ4v) is 3.98. The Morgan fingerprint density at radius 3 is 2.71 bits per heavy atom. The fourth-order valence-electron chi connectivity index (χ4n) is 1.72. The van der Waals surface area contributed by atoms with E-state index < -0.39 is 0 Å². The molecule has 0 radical (unpaired) electrons. The second kappa shape index (κ2) is 6.37. The minimum atomic E-state index is -0.00383. The second-order valence-corrected chi connectivity index (χ2v) is 8.61. The maximum absolute atomic E-state index is 12.0. The van der Waals surface area contributed by atoms with E-state index in [4.69, 9.17) is 12.2 Å². The fraction of sp³-hybridized carbons (Fsp3) is 0.500. The number of rotatable bonds is 4. The molecule has 0 spiro atoms. The van der Waals surface area contributed by atoms with Gasteiger partial charge >= 0.3 is 0 Å². The highest BCUT2D eigenvalue weighted by Gasteiger charge is 2.17. The Kier molecular flexibility index (Phi) is 4.95. The van der Waals surface area contributed by atoms with Crippen molar-refractivity contribution in [2.24, 2.45) is 0 Å². The third-order valence-corrected chi connectivity index (χ3v) is 5.19. The molecule has 21 heavy (non-hydrogen) atoms. The molecule has 2 aromatic heterocycles. The lowest BCUT2D eigenvalue weighted by Gasteiger charge is -2.14. The third-order valence-electron chi connectivity index (χ3n) is 3.00. The van der Waals surface area contributed by atoms with Gasteiger partial charge in [-0.25, -0.2) is 4.98 Å². The van der Waals surface area contributed by atoms with Crippen molar-refractivity contribution in [3.63, 3.8) is 0 Å². The summed E-state index contributed by atoms with van der Waals surface area (Å²) in [5, 5.41) is 5.91. The van der Waals surface area contributed by atoms with Crippen molar-refractivity contribution in [2.45, 2.75) is 46.1 Å². The number of amides is 1. The molecular weight excluding hydrogens is 322 g/mol. The molecule has 2 rings (SSSR count). The number of nitrogens with zero attached hydrogens (tertiary/aromatic N) is 1. The van der Waals surface area contributed by atoms with Crippen molar-refractivity contribution >= 4 is 40.8 Å². The van der Waals surface area contributed by atoms with Gasteiger partial charge < -0.3 is 10.3 Å². The van der Waals surface area contributed by atoms with E-state index in [1.807, 2.05) is 6.92 Å². The molecule has 0 saturated carbocycles. The smallest absolute Gasteiger partial charge is 0.225 e. The highest BCUT2D eigenvalue weighted by molar-refractivity contribution is 7.73. The highest BCUT2D eigenvalue weighted by atomic mass is 32.1. The summed E-state index contributed by atoms with van der Waals surface area (Å²) in [4.78, 5) is 20.6. The van der Waals surface area contributed by atoms with Gasteiger partial charge in [-0.1, -0.05) is 20.8 Å². The van der Waals surface area contributed by atoms with Crippen molar-refractivity contribution in [1.29, 1.82) is 0 Å². The Hall–Kier alpha value is -1.05. The molecule has 0 fully saturated rings. The van der Waals surface area contributed by atoms with E-state index in [-0.39, 0.29) is 11.3 Å². The first-order chi connectivity index (χ1) is 9.75. The summed E-state index contributed by atoms with van der Waals surface area (Å²) in [6.45, 7) is 8.81. The van der Waals surface area contributed by atoms with Gasteiger partial charge in [0, 0.05) is 21.4 Å². The van der Waals surface area contributed by atoms with E-state index in [2.05, 4.69) is 41.4 Å². The number of carbonyl (C=O) groups excluding carboxylic acids is 1. The van der Waals surface area contributed by atoms with Crippen molar-refractivity contribution < 1.29 is 4.79 Å². The molecule has 0 bridgehead atoms. The summed E-state index contributed by atoms with van der Waals surface area (Å²) in [5.74, 6) is -0.00383. The number of H-pyrrole nitrogens is 1. The molecule has 0 aliphatic carbocycles. The molecule has 114 valence electrons. The van der Waals surface area contributed by atoms with Crippen LogP contribution in [-0.2, 0) is 23.2 Å². The molecule has 0 saturated heterocycles. The van der Waals surface area contributed by atoms with Crippen molar-refractivity contribution in [1.82, 2.24) is 15.3 Å². The zero-order valence-electron chi connectivity index (χ0n) is 12.6. The Morgan fingerprint density at radius 1 is 1.48 bits per heavy atom. The highest BCUT2D eigenvalue weighted by Crippen LogP contribution is 2.23. The number of thiazole rings is 2. The van der Waals surface area contributed by atoms with Crippen molar-refractivity contribution in [2.75, 3.05) is 0 Å². The van der Waals surface area contributed by atoms with E-state index in [1.165, 1.54) is 11.3 Å². The Labute approximate surface area is 137 Å². The molecular formula is C14H19N3OS3. The number of hydrogen-bond acceptors (Lipinski definition) is 5. The number of aromatic nitrogens is 2. The van der Waals surface area contributed by atoms with E-state index in [0.29, 0.717) is 16.9 Å². The first-order valence-electron chi connectivity index (χ1n) is 6.66. The summed E-state index contributed by atoms with van der Waals surface area (Å²) in [7, 11) is 0. The normalized spacial score (nSPS) is 11.6. The number of aryl methyl sites for hydroxylation is 1. The number of aromatic amines is 1. The predicted octanol–water partition coefficient (Wildman–Crippen LogP) is 3.73. The van der Waals surface area contributed by atoms with Crippen LogP contribution in [0, 0.1) is 10.9 Å². The van der Waals surface area contributed by atoms with Gasteiger partial charge in [-0.2, -0.15) is 0 Å². The standard InChI is InChI=1S/C14H19N3OS3/c1-8-9(21-13(19)16-8)5-11(18)15-6-12-17-10(7-20-12)14(2,3)4/h7H,5-6H2,1-4H3,(H,15,18)(H,16,19). The summed E-state index contributed by atoms with van der Waals surface area (Å²) < 4.78 is 0.713. The van der Waals surface area contributed by atoms with Crippen LogP contribution in [0.5, 0.6) is 0 Å². The topological polar surface area (TPSA) is 57.8 Å². The molecule has 0 aliphatic rings. The molecule has 1 amide bonds. The lowest BCUT2D eigenvalue weighted by molar-refractivity contribution is -0.120. The van der Waals surface area contributed by atoms with Crippen LogP contribution in [0.4, 0.5) is 0 Å². The lowest BCUT2D eigenvalue weighted by atomic mass is 9.93. The van der Waals surface area contributed by atoms with Crippen LogP contribution in [0.25, 0.3) is 0 Å². The first kappa shape index (κ1) is 16.3. The number of hydrogen-bond donors (Lipinski definition) is 2. The van der Waals surface area contributed by atoms with Crippen LogP contribution >= 0.6 is 34.9 Å². The number of carbonyl (C=O) groups is 1. The maximum atomic E-state index is 12.0. The molecule has 2 N–H and O–H groups in total. The quantitative estimate of drug-likeness (QED) is 0.833. The second-order valence-electron chi connectivity index (χ2n) is 5.89. The summed E-state index contributed by atoms with van der Waals surface area (Å²) in [6.07, 6.45) is 0.362. The number of nitrogens with one attached hydrogen (secondary N) is 2. The van der Waals surface area contributed by atoms with E-state index in [9.17, 15) is 4.79 Å². The van der Waals surface area contributed by atoms with Gasteiger partial charge in [-0.15, -0.1) is 22.7 Å². The first-order valence-corrected chi connectivity index (χ1v) is 8.76. The average molecular weight is 342 g/mol. The van der Waals surface area contributed by atoms with Crippen LogP contribution in [0.3, 0.4) is 0 Å². The van der Waals surface area contributed by atoms with E-state index in [1.54, 1.807) is 11.3 Å². The predicted molar refractivity (Wildman–Crippen MR) is 90.6 cm³/mol. The van der Waals surface area contributed by atoms with Crippen molar-refractivity contribution in [3.05, 3.63) is 30.6 Å². The summed E-state index contributed by atoms with van der Waals surface area (Å²) in [5.41, 5.74) is 2.09. The monoisotopic (exact) mass is 341 g/mol. The Bertz CT molecular complexity index is 691. The SMILES string of the molecule is Cc1[nH]c(=S)sc1CC(=O)NCc1nc(C(C)(C)C)cs1. The van der Waals surface area contributed by atoms with E-state index >= 15 is 0 Å². The maximum Gasteiger partial charge on any atom is 0.225 e. The molecule has 2 heterocycles. The third kappa shape index (κ3) is 4.46. The molecule has 0 aromatic carbocycles. The van der Waals surface area contributed by atoms with Crippen LogP contribution in [0.15, 0.2) is 5.38 Å². The molecule has 4 nitrogen and oxygen atoms in total. The molecule has 0 atom stereocenters. The molecule has 0 aliphatic heterocycles. The lowest BCUT2D eigenvalue weighted by Crippen LogP contribution is -2.24. The summed E-state index contributed by atoms with van der Waals surface area (Å²) in [6, 6.07) is 0. The van der Waals surface area contributed by atoms with Gasteiger partial charge in [0.05, 0.1) is 18.7 Å². The minimum Gasteiger partial charge on any atom is -0.349 e. The van der Waals surface area contributed by atoms with Gasteiger partial charge in [-0.3, -0.25) is 4.79 Å². The Balaban J connectivity index is 1.91. The minimum absolute atomic E-state index is 0.00383. The van der Waals surface area contributed by atoms with Gasteiger partial charge in [-0.05, 0) is 19.1 Å². The van der Waals surface area contributed by atoms with E-state index in [0.717, 1.165) is 21.3 Å². The summed E-state index contributed by atoms with van der Waals surface area (Å²) >= 11 is 8.12. The zero-order valence-corrected chi connectivity index (χ0v) is 15.0. The molecule has 2 aromatic rings. The van der Waals surface area contributed by atoms with Crippen LogP contribution in [0.1, 0.15) is 42.0 Å². The average Bonchev–Trinajstić information content (AvgIpc) is 2.94. The largest absolute Gasteiger partial charge is 0.349 e. The van der Waals surface area contributed by atoms with Gasteiger partial charge in [0.25, 0.3) is 0 Å². The van der Waals surface area contributed by atoms with Gasteiger partial charge in [0.1, 0.15) is 5.01 Å². The van der Waals surface area contributed by atoms with Crippen LogP contribution in [0.2, 0.25) is 0 Å². The van der Waals surface area contributed by atoms with Gasteiger partial charge in [0.2, 0.25) is 5.91 Å². The van der Waals surface area contributed by atoms with Gasteiger partial charge in [0.15, 0.2) is 3.95 Å². The van der Waals surface area contributed by atoms with Crippen LogP contribution in [-0.4, -0.2) is 15.9 Å². The molecule has 0 unspecified atom stereocenters. The zero-order chi connectivity index (χ0) is 15.6. The Morgan fingerprint density at radius 2 is 2.19 bits per heavy atom. The van der Waals surface area contributed by atoms with Crippen LogP contribution < -0.4 is 5.32 Å².